The SMILES string of the molecule is COC(=O)C(CC(=O)NC(CC(=O)N1CCC1C(=O)SC(C)(C)C)C(=O)OC(C)(C)C)OC(C)=O. The zero-order valence-corrected chi connectivity index (χ0v) is 22.4. The van der Waals surface area contributed by atoms with Crippen LogP contribution in [0.3, 0.4) is 0 Å². The lowest BCUT2D eigenvalue weighted by atomic mass is 10.0. The van der Waals surface area contributed by atoms with E-state index in [1.165, 1.54) is 4.90 Å². The van der Waals surface area contributed by atoms with Gasteiger partial charge in [0.2, 0.25) is 23.0 Å². The Balaban J connectivity index is 2.96. The Bertz CT molecular complexity index is 845. The molecule has 35 heavy (non-hydrogen) atoms. The highest BCUT2D eigenvalue weighted by Crippen LogP contribution is 2.31. The summed E-state index contributed by atoms with van der Waals surface area (Å²) in [5, 5.41) is 2.25. The van der Waals surface area contributed by atoms with Crippen LogP contribution in [0, 0.1) is 0 Å². The van der Waals surface area contributed by atoms with Crippen LogP contribution >= 0.6 is 11.8 Å². The van der Waals surface area contributed by atoms with Crippen molar-refractivity contribution >= 4 is 46.6 Å². The van der Waals surface area contributed by atoms with Gasteiger partial charge in [-0.15, -0.1) is 0 Å². The second-order valence-corrected chi connectivity index (χ2v) is 11.9. The van der Waals surface area contributed by atoms with Crippen molar-refractivity contribution in [2.24, 2.45) is 0 Å². The first-order valence-corrected chi connectivity index (χ1v) is 12.0. The summed E-state index contributed by atoms with van der Waals surface area (Å²) in [4.78, 5) is 75.3. The zero-order valence-electron chi connectivity index (χ0n) is 21.6. The van der Waals surface area contributed by atoms with E-state index in [1.807, 2.05) is 20.8 Å². The predicted octanol–water partition coefficient (Wildman–Crippen LogP) is 1.36. The minimum Gasteiger partial charge on any atom is -0.466 e. The normalized spacial score (nSPS) is 17.4. The van der Waals surface area contributed by atoms with E-state index in [1.54, 1.807) is 20.8 Å². The molecular formula is C23H36N2O9S. The smallest absolute Gasteiger partial charge is 0.347 e. The number of ether oxygens (including phenoxy) is 3. The molecule has 1 heterocycles. The molecule has 0 aromatic carbocycles. The number of rotatable bonds is 9. The number of carbonyl (C=O) groups is 6. The first kappa shape index (κ1) is 30.4. The van der Waals surface area contributed by atoms with Crippen LogP contribution in [0.5, 0.6) is 0 Å². The quantitative estimate of drug-likeness (QED) is 0.352. The average Bonchev–Trinajstić information content (AvgIpc) is 2.61. The van der Waals surface area contributed by atoms with E-state index >= 15 is 0 Å². The Morgan fingerprint density at radius 3 is 2.03 bits per heavy atom. The average molecular weight is 517 g/mol. The van der Waals surface area contributed by atoms with Gasteiger partial charge in [0.15, 0.2) is 0 Å². The number of likely N-dealkylation sites (tertiary alicyclic amines) is 1. The van der Waals surface area contributed by atoms with Crippen LogP contribution in [0.15, 0.2) is 0 Å². The molecule has 3 atom stereocenters. The molecule has 1 aliphatic rings. The zero-order chi connectivity index (χ0) is 27.1. The number of esters is 3. The number of carbonyl (C=O) groups excluding carboxylic acids is 6. The van der Waals surface area contributed by atoms with E-state index in [0.717, 1.165) is 25.8 Å². The van der Waals surface area contributed by atoms with Gasteiger partial charge in [0.1, 0.15) is 17.7 Å². The molecule has 3 unspecified atom stereocenters. The Morgan fingerprint density at radius 1 is 1.00 bits per heavy atom. The van der Waals surface area contributed by atoms with Gasteiger partial charge in [-0.1, -0.05) is 32.5 Å². The van der Waals surface area contributed by atoms with Crippen LogP contribution in [-0.2, 0) is 43.0 Å². The van der Waals surface area contributed by atoms with Crippen molar-refractivity contribution < 1.29 is 43.0 Å². The van der Waals surface area contributed by atoms with Gasteiger partial charge in [0.25, 0.3) is 0 Å². The van der Waals surface area contributed by atoms with Gasteiger partial charge in [-0.3, -0.25) is 19.2 Å². The molecule has 1 saturated heterocycles. The van der Waals surface area contributed by atoms with Crippen molar-refractivity contribution in [1.82, 2.24) is 10.2 Å². The lowest BCUT2D eigenvalue weighted by Crippen LogP contribution is -2.57. The minimum atomic E-state index is -1.51. The molecule has 0 aromatic rings. The summed E-state index contributed by atoms with van der Waals surface area (Å²) < 4.78 is 14.4. The lowest BCUT2D eigenvalue weighted by Gasteiger charge is -2.41. The summed E-state index contributed by atoms with van der Waals surface area (Å²) in [5.41, 5.74) is -0.895. The van der Waals surface area contributed by atoms with E-state index in [2.05, 4.69) is 10.1 Å². The van der Waals surface area contributed by atoms with Gasteiger partial charge in [-0.2, -0.15) is 0 Å². The molecule has 0 bridgehead atoms. The largest absolute Gasteiger partial charge is 0.466 e. The number of amides is 2. The molecule has 2 amide bonds. The molecule has 1 N–H and O–H groups in total. The van der Waals surface area contributed by atoms with Crippen LogP contribution in [0.4, 0.5) is 0 Å². The van der Waals surface area contributed by atoms with Gasteiger partial charge in [0.05, 0.1) is 20.0 Å². The number of methoxy groups -OCH3 is 1. The van der Waals surface area contributed by atoms with Crippen LogP contribution in [0.2, 0.25) is 0 Å². The van der Waals surface area contributed by atoms with Gasteiger partial charge in [-0.25, -0.2) is 9.59 Å². The molecule has 1 aliphatic heterocycles. The third kappa shape index (κ3) is 10.7. The summed E-state index contributed by atoms with van der Waals surface area (Å²) in [6.07, 6.45) is -2.06. The van der Waals surface area contributed by atoms with Crippen LogP contribution in [-0.4, -0.2) is 81.9 Å². The summed E-state index contributed by atoms with van der Waals surface area (Å²) in [7, 11) is 1.07. The second-order valence-electron chi connectivity index (χ2n) is 10.1. The van der Waals surface area contributed by atoms with Crippen molar-refractivity contribution in [3.8, 4) is 0 Å². The molecule has 1 fully saturated rings. The Hall–Kier alpha value is -2.63. The topological polar surface area (TPSA) is 145 Å². The third-order valence-corrected chi connectivity index (χ3v) is 5.65. The fourth-order valence-corrected chi connectivity index (χ4v) is 4.07. The van der Waals surface area contributed by atoms with Crippen LogP contribution in [0.1, 0.15) is 67.7 Å². The highest BCUT2D eigenvalue weighted by Gasteiger charge is 2.41. The van der Waals surface area contributed by atoms with E-state index in [4.69, 9.17) is 9.47 Å². The Kier molecular flexibility index (Phi) is 10.7. The number of thioether (sulfide) groups is 1. The minimum absolute atomic E-state index is 0.141. The number of hydrogen-bond donors (Lipinski definition) is 1. The highest BCUT2D eigenvalue weighted by atomic mass is 32.2. The van der Waals surface area contributed by atoms with E-state index in [9.17, 15) is 28.8 Å². The van der Waals surface area contributed by atoms with Crippen molar-refractivity contribution in [1.29, 1.82) is 0 Å². The predicted molar refractivity (Wildman–Crippen MR) is 127 cm³/mol. The number of nitrogens with one attached hydrogen (secondary N) is 1. The Labute approximate surface area is 210 Å². The van der Waals surface area contributed by atoms with Gasteiger partial charge in [-0.05, 0) is 27.2 Å². The molecule has 12 heteroatoms. The fraction of sp³-hybridized carbons (Fsp3) is 0.739. The molecule has 0 aliphatic carbocycles. The molecule has 198 valence electrons. The van der Waals surface area contributed by atoms with Gasteiger partial charge in [0, 0.05) is 18.2 Å². The van der Waals surface area contributed by atoms with Crippen molar-refractivity contribution in [2.75, 3.05) is 13.7 Å². The first-order chi connectivity index (χ1) is 15.9. The maximum Gasteiger partial charge on any atom is 0.347 e. The number of hydrogen-bond acceptors (Lipinski definition) is 10. The van der Waals surface area contributed by atoms with E-state index < -0.39 is 66.4 Å². The van der Waals surface area contributed by atoms with Gasteiger partial charge >= 0.3 is 17.9 Å². The fourth-order valence-electron chi connectivity index (χ4n) is 3.09. The van der Waals surface area contributed by atoms with Gasteiger partial charge < -0.3 is 24.4 Å². The standard InChI is InChI=1S/C23H36N2O9S/c1-13(26)33-16(20(30)32-8)12-17(27)24-14(19(29)34-22(2,3)4)11-18(28)25-10-9-15(25)21(31)35-23(5,6)7/h14-16H,9-12H2,1-8H3,(H,24,27). The highest BCUT2D eigenvalue weighted by molar-refractivity contribution is 8.14. The first-order valence-electron chi connectivity index (χ1n) is 11.2. The molecular weight excluding hydrogens is 480 g/mol. The molecule has 0 aromatic heterocycles. The Morgan fingerprint density at radius 2 is 1.60 bits per heavy atom. The molecule has 11 nitrogen and oxygen atoms in total. The summed E-state index contributed by atoms with van der Waals surface area (Å²) in [6.45, 7) is 12.0. The van der Waals surface area contributed by atoms with Crippen molar-refractivity contribution in [3.63, 3.8) is 0 Å². The van der Waals surface area contributed by atoms with Crippen LogP contribution < -0.4 is 5.32 Å². The summed E-state index contributed by atoms with van der Waals surface area (Å²) in [5.74, 6) is -3.92. The molecule has 0 saturated carbocycles. The second kappa shape index (κ2) is 12.4. The monoisotopic (exact) mass is 516 g/mol. The molecule has 0 radical (unpaired) electrons. The maximum absolute atomic E-state index is 13.0. The van der Waals surface area contributed by atoms with Crippen molar-refractivity contribution in [3.05, 3.63) is 0 Å². The lowest BCUT2D eigenvalue weighted by molar-refractivity contribution is -0.167. The molecule has 1 rings (SSSR count). The maximum atomic E-state index is 13.0. The molecule has 0 spiro atoms. The van der Waals surface area contributed by atoms with E-state index in [-0.39, 0.29) is 9.86 Å². The number of nitrogens with zero attached hydrogens (tertiary/aromatic N) is 1. The van der Waals surface area contributed by atoms with Crippen LogP contribution in [0.25, 0.3) is 0 Å². The van der Waals surface area contributed by atoms with E-state index in [0.29, 0.717) is 13.0 Å². The summed E-state index contributed by atoms with van der Waals surface area (Å²) >= 11 is 1.14. The van der Waals surface area contributed by atoms with Crippen molar-refractivity contribution in [2.45, 2.75) is 96.3 Å². The summed E-state index contributed by atoms with van der Waals surface area (Å²) in [6, 6.07) is -1.98. The third-order valence-electron chi connectivity index (χ3n) is 4.57.